The van der Waals surface area contributed by atoms with Gasteiger partial charge in [-0.15, -0.1) is 6.58 Å². The van der Waals surface area contributed by atoms with Gasteiger partial charge in [0.05, 0.1) is 24.0 Å². The van der Waals surface area contributed by atoms with E-state index >= 15 is 0 Å². The molecule has 0 heterocycles. The standard InChI is InChI=1S/C19H21NO3S/c1-4-17(19(21)23-3)18(15-8-6-5-7-9-15)20-24(22)16-12-10-14(2)11-13-16/h4-13,17-18,20H,1H2,2-3H3/t17-,18+,24?/m1/s1. The van der Waals surface area contributed by atoms with Crippen molar-refractivity contribution < 1.29 is 13.7 Å². The molecule has 2 aromatic carbocycles. The molecule has 0 saturated carbocycles. The van der Waals surface area contributed by atoms with Gasteiger partial charge >= 0.3 is 5.97 Å². The van der Waals surface area contributed by atoms with Crippen LogP contribution in [0.3, 0.4) is 0 Å². The van der Waals surface area contributed by atoms with Crippen molar-refractivity contribution in [2.24, 2.45) is 5.92 Å². The predicted molar refractivity (Wildman–Crippen MR) is 95.6 cm³/mol. The Labute approximate surface area is 145 Å². The molecule has 0 radical (unpaired) electrons. The minimum Gasteiger partial charge on any atom is -0.469 e. The fourth-order valence-electron chi connectivity index (χ4n) is 2.36. The monoisotopic (exact) mass is 343 g/mol. The van der Waals surface area contributed by atoms with Gasteiger partial charge in [-0.1, -0.05) is 54.1 Å². The molecule has 0 aliphatic heterocycles. The van der Waals surface area contributed by atoms with Crippen LogP contribution in [-0.4, -0.2) is 17.3 Å². The smallest absolute Gasteiger partial charge is 0.314 e. The molecule has 0 spiro atoms. The second kappa shape index (κ2) is 8.57. The number of esters is 1. The number of carbonyl (C=O) groups is 1. The molecule has 0 aromatic heterocycles. The zero-order valence-electron chi connectivity index (χ0n) is 13.8. The van der Waals surface area contributed by atoms with Gasteiger partial charge in [0.2, 0.25) is 0 Å². The van der Waals surface area contributed by atoms with Crippen molar-refractivity contribution >= 4 is 17.0 Å². The van der Waals surface area contributed by atoms with Crippen molar-refractivity contribution in [2.45, 2.75) is 17.9 Å². The minimum absolute atomic E-state index is 0.424. The van der Waals surface area contributed by atoms with E-state index in [0.717, 1.165) is 11.1 Å². The van der Waals surface area contributed by atoms with Gasteiger partial charge < -0.3 is 4.74 Å². The van der Waals surface area contributed by atoms with E-state index in [9.17, 15) is 9.00 Å². The van der Waals surface area contributed by atoms with E-state index in [1.54, 1.807) is 0 Å². The quantitative estimate of drug-likeness (QED) is 0.620. The molecule has 2 aromatic rings. The zero-order chi connectivity index (χ0) is 17.5. The molecule has 1 unspecified atom stereocenters. The number of rotatable bonds is 7. The Morgan fingerprint density at radius 3 is 2.33 bits per heavy atom. The normalized spacial score (nSPS) is 14.4. The number of nitrogens with one attached hydrogen (secondary N) is 1. The largest absolute Gasteiger partial charge is 0.469 e. The number of benzene rings is 2. The summed E-state index contributed by atoms with van der Waals surface area (Å²) in [5.41, 5.74) is 1.93. The third kappa shape index (κ3) is 4.40. The van der Waals surface area contributed by atoms with E-state index in [0.29, 0.717) is 4.90 Å². The molecule has 0 aliphatic rings. The lowest BCUT2D eigenvalue weighted by Crippen LogP contribution is -2.33. The number of hydrogen-bond acceptors (Lipinski definition) is 3. The Balaban J connectivity index is 2.32. The van der Waals surface area contributed by atoms with Gasteiger partial charge in [0.15, 0.2) is 0 Å². The first-order valence-corrected chi connectivity index (χ1v) is 8.71. The highest BCUT2D eigenvalue weighted by Gasteiger charge is 2.29. The summed E-state index contributed by atoms with van der Waals surface area (Å²) in [7, 11) is -0.137. The fourth-order valence-corrected chi connectivity index (χ4v) is 3.39. The topological polar surface area (TPSA) is 55.4 Å². The van der Waals surface area contributed by atoms with E-state index in [1.165, 1.54) is 13.2 Å². The summed E-state index contributed by atoms with van der Waals surface area (Å²) in [6, 6.07) is 16.3. The summed E-state index contributed by atoms with van der Waals surface area (Å²) in [4.78, 5) is 12.7. The van der Waals surface area contributed by atoms with E-state index in [1.807, 2.05) is 61.5 Å². The van der Waals surface area contributed by atoms with Crippen LogP contribution in [0.15, 0.2) is 72.1 Å². The summed E-state index contributed by atoms with van der Waals surface area (Å²) >= 11 is 0. The predicted octanol–water partition coefficient (Wildman–Crippen LogP) is 3.32. The fraction of sp³-hybridized carbons (Fsp3) is 0.211. The number of carbonyl (C=O) groups excluding carboxylic acids is 1. The molecule has 1 N–H and O–H groups in total. The summed E-state index contributed by atoms with van der Waals surface area (Å²) in [5.74, 6) is -1.07. The molecule has 126 valence electrons. The van der Waals surface area contributed by atoms with Gasteiger partial charge in [0.1, 0.15) is 11.0 Å². The zero-order valence-corrected chi connectivity index (χ0v) is 14.6. The molecule has 5 heteroatoms. The van der Waals surface area contributed by atoms with Crippen LogP contribution in [0.1, 0.15) is 17.2 Å². The summed E-state index contributed by atoms with van der Waals surface area (Å²) in [5, 5.41) is 0. The van der Waals surface area contributed by atoms with Crippen molar-refractivity contribution in [1.29, 1.82) is 0 Å². The van der Waals surface area contributed by atoms with Gasteiger partial charge in [-0.05, 0) is 24.6 Å². The first-order valence-electron chi connectivity index (χ1n) is 7.56. The third-order valence-electron chi connectivity index (χ3n) is 3.71. The van der Waals surface area contributed by atoms with Crippen LogP contribution in [-0.2, 0) is 20.5 Å². The Morgan fingerprint density at radius 2 is 1.79 bits per heavy atom. The first-order chi connectivity index (χ1) is 11.6. The maximum Gasteiger partial charge on any atom is 0.314 e. The van der Waals surface area contributed by atoms with Gasteiger partial charge in [0, 0.05) is 0 Å². The summed E-state index contributed by atoms with van der Waals surface area (Å²) in [6.07, 6.45) is 1.52. The Kier molecular flexibility index (Phi) is 6.46. The van der Waals surface area contributed by atoms with Gasteiger partial charge in [-0.2, -0.15) is 0 Å². The Hall–Kier alpha value is -2.24. The molecule has 0 saturated heterocycles. The van der Waals surface area contributed by atoms with Crippen molar-refractivity contribution in [3.05, 3.63) is 78.4 Å². The van der Waals surface area contributed by atoms with Crippen molar-refractivity contribution in [2.75, 3.05) is 7.11 Å². The van der Waals surface area contributed by atoms with E-state index in [-0.39, 0.29) is 0 Å². The SMILES string of the molecule is C=C[C@@H](C(=O)OC)[C@@H](NS(=O)c1ccc(C)cc1)c1ccccc1. The molecular formula is C19H21NO3S. The van der Waals surface area contributed by atoms with Crippen LogP contribution in [0, 0.1) is 12.8 Å². The molecule has 0 fully saturated rings. The average Bonchev–Trinajstić information content (AvgIpc) is 2.62. The van der Waals surface area contributed by atoms with Crippen molar-refractivity contribution in [3.8, 4) is 0 Å². The Morgan fingerprint density at radius 1 is 1.17 bits per heavy atom. The summed E-state index contributed by atoms with van der Waals surface area (Å²) < 4.78 is 20.6. The van der Waals surface area contributed by atoms with E-state index < -0.39 is 28.9 Å². The first kappa shape index (κ1) is 18.1. The highest BCUT2D eigenvalue weighted by atomic mass is 32.2. The minimum atomic E-state index is -1.47. The maximum atomic E-state index is 12.7. The molecule has 0 bridgehead atoms. The second-order valence-electron chi connectivity index (χ2n) is 5.37. The number of hydrogen-bond donors (Lipinski definition) is 1. The van der Waals surface area contributed by atoms with Crippen LogP contribution < -0.4 is 4.72 Å². The summed E-state index contributed by atoms with van der Waals surface area (Å²) in [6.45, 7) is 5.70. The van der Waals surface area contributed by atoms with Crippen LogP contribution in [0.25, 0.3) is 0 Å². The number of ether oxygens (including phenoxy) is 1. The van der Waals surface area contributed by atoms with Gasteiger partial charge in [-0.3, -0.25) is 4.79 Å². The molecule has 2 rings (SSSR count). The highest BCUT2D eigenvalue weighted by molar-refractivity contribution is 7.83. The highest BCUT2D eigenvalue weighted by Crippen LogP contribution is 2.25. The number of aryl methyl sites for hydroxylation is 1. The molecule has 3 atom stereocenters. The second-order valence-corrected chi connectivity index (χ2v) is 6.62. The lowest BCUT2D eigenvalue weighted by atomic mass is 9.94. The Bertz CT molecular complexity index is 713. The van der Waals surface area contributed by atoms with Crippen LogP contribution in [0.4, 0.5) is 0 Å². The maximum absolute atomic E-state index is 12.7. The lowest BCUT2D eigenvalue weighted by molar-refractivity contribution is -0.144. The molecular weight excluding hydrogens is 322 g/mol. The molecule has 0 amide bonds. The molecule has 24 heavy (non-hydrogen) atoms. The van der Waals surface area contributed by atoms with E-state index in [2.05, 4.69) is 11.3 Å². The van der Waals surface area contributed by atoms with Crippen LogP contribution in [0.2, 0.25) is 0 Å². The van der Waals surface area contributed by atoms with E-state index in [4.69, 9.17) is 4.74 Å². The molecule has 4 nitrogen and oxygen atoms in total. The van der Waals surface area contributed by atoms with Gasteiger partial charge in [0.25, 0.3) is 0 Å². The third-order valence-corrected chi connectivity index (χ3v) is 4.88. The average molecular weight is 343 g/mol. The van der Waals surface area contributed by atoms with Gasteiger partial charge in [-0.25, -0.2) is 8.93 Å². The van der Waals surface area contributed by atoms with Crippen molar-refractivity contribution in [3.63, 3.8) is 0 Å². The van der Waals surface area contributed by atoms with Crippen molar-refractivity contribution in [1.82, 2.24) is 4.72 Å². The van der Waals surface area contributed by atoms with Crippen LogP contribution in [0.5, 0.6) is 0 Å². The van der Waals surface area contributed by atoms with Crippen LogP contribution >= 0.6 is 0 Å². The molecule has 0 aliphatic carbocycles. The lowest BCUT2D eigenvalue weighted by Gasteiger charge is -2.24. The number of methoxy groups -OCH3 is 1.